The molecule has 0 aliphatic heterocycles. The molecule has 0 unspecified atom stereocenters. The lowest BCUT2D eigenvalue weighted by Gasteiger charge is -2.15. The summed E-state index contributed by atoms with van der Waals surface area (Å²) < 4.78 is 6.88. The average molecular weight is 378 g/mol. The van der Waals surface area contributed by atoms with Gasteiger partial charge in [0.25, 0.3) is 5.91 Å². The molecule has 0 N–H and O–H groups in total. The normalized spacial score (nSPS) is 10.9. The summed E-state index contributed by atoms with van der Waals surface area (Å²) >= 11 is 12.6. The molecule has 0 saturated heterocycles. The lowest BCUT2D eigenvalue weighted by atomic mass is 10.2. The van der Waals surface area contributed by atoms with Crippen LogP contribution in [0.1, 0.15) is 27.4 Å². The first-order chi connectivity index (χ1) is 12.0. The Balaban J connectivity index is 1.84. The molecule has 0 fully saturated rings. The molecular weight excluding hydrogens is 361 g/mol. The molecule has 0 aliphatic carbocycles. The zero-order valence-electron chi connectivity index (χ0n) is 13.9. The number of furan rings is 1. The highest BCUT2D eigenvalue weighted by Gasteiger charge is 2.24. The van der Waals surface area contributed by atoms with Gasteiger partial charge in [-0.05, 0) is 30.7 Å². The van der Waals surface area contributed by atoms with E-state index in [0.29, 0.717) is 40.3 Å². The quantitative estimate of drug-likeness (QED) is 0.661. The van der Waals surface area contributed by atoms with Crippen molar-refractivity contribution in [1.29, 1.82) is 0 Å². The third-order valence-corrected chi connectivity index (χ3v) is 4.63. The molecular formula is C18H17Cl2N3O2. The first kappa shape index (κ1) is 17.6. The predicted octanol–water partition coefficient (Wildman–Crippen LogP) is 4.41. The minimum Gasteiger partial charge on any atom is -0.467 e. The van der Waals surface area contributed by atoms with E-state index in [-0.39, 0.29) is 5.91 Å². The van der Waals surface area contributed by atoms with Gasteiger partial charge in [0.05, 0.1) is 30.6 Å². The molecule has 1 amide bonds. The second-order valence-electron chi connectivity index (χ2n) is 5.74. The molecule has 0 spiro atoms. The van der Waals surface area contributed by atoms with E-state index >= 15 is 0 Å². The highest BCUT2D eigenvalue weighted by molar-refractivity contribution is 6.33. The molecule has 7 heteroatoms. The van der Waals surface area contributed by atoms with Gasteiger partial charge in [0, 0.05) is 12.1 Å². The maximum atomic E-state index is 12.8. The van der Waals surface area contributed by atoms with Crippen LogP contribution in [-0.2, 0) is 13.1 Å². The molecule has 1 aromatic carbocycles. The van der Waals surface area contributed by atoms with Gasteiger partial charge in [0.2, 0.25) is 0 Å². The summed E-state index contributed by atoms with van der Waals surface area (Å²) in [6, 6.07) is 11.1. The molecule has 5 nitrogen and oxygen atoms in total. The summed E-state index contributed by atoms with van der Waals surface area (Å²) in [6.07, 6.45) is 1.58. The van der Waals surface area contributed by atoms with Gasteiger partial charge in [-0.3, -0.25) is 4.79 Å². The third kappa shape index (κ3) is 3.72. The number of halogens is 2. The van der Waals surface area contributed by atoms with Crippen molar-refractivity contribution in [2.75, 3.05) is 7.05 Å². The minimum atomic E-state index is -0.204. The molecule has 0 aliphatic rings. The third-order valence-electron chi connectivity index (χ3n) is 3.88. The molecule has 0 radical (unpaired) electrons. The second-order valence-corrected chi connectivity index (χ2v) is 6.51. The molecule has 25 heavy (non-hydrogen) atoms. The highest BCUT2D eigenvalue weighted by atomic mass is 35.5. The van der Waals surface area contributed by atoms with Crippen molar-refractivity contribution < 1.29 is 9.21 Å². The Morgan fingerprint density at radius 1 is 1.24 bits per heavy atom. The van der Waals surface area contributed by atoms with E-state index in [9.17, 15) is 4.79 Å². The van der Waals surface area contributed by atoms with E-state index in [1.807, 2.05) is 30.3 Å². The molecule has 2 heterocycles. The number of hydrogen-bond donors (Lipinski definition) is 0. The van der Waals surface area contributed by atoms with Gasteiger partial charge < -0.3 is 9.32 Å². The Kier molecular flexibility index (Phi) is 5.16. The summed E-state index contributed by atoms with van der Waals surface area (Å²) in [4.78, 5) is 14.3. The van der Waals surface area contributed by atoms with Gasteiger partial charge in [0.15, 0.2) is 0 Å². The number of carbonyl (C=O) groups excluding carboxylic acids is 1. The first-order valence-corrected chi connectivity index (χ1v) is 8.47. The van der Waals surface area contributed by atoms with Crippen LogP contribution < -0.4 is 0 Å². The lowest BCUT2D eigenvalue weighted by molar-refractivity contribution is 0.0775. The minimum absolute atomic E-state index is 0.204. The Hall–Kier alpha value is -2.24. The van der Waals surface area contributed by atoms with Gasteiger partial charge in [-0.15, -0.1) is 0 Å². The fourth-order valence-electron chi connectivity index (χ4n) is 2.59. The Labute approximate surface area is 155 Å². The molecule has 130 valence electrons. The van der Waals surface area contributed by atoms with Crippen LogP contribution >= 0.6 is 23.2 Å². The monoisotopic (exact) mass is 377 g/mol. The zero-order chi connectivity index (χ0) is 18.0. The van der Waals surface area contributed by atoms with Gasteiger partial charge in [-0.25, -0.2) is 4.68 Å². The topological polar surface area (TPSA) is 51.3 Å². The van der Waals surface area contributed by atoms with Gasteiger partial charge >= 0.3 is 0 Å². The summed E-state index contributed by atoms with van der Waals surface area (Å²) in [5.41, 5.74) is 1.85. The van der Waals surface area contributed by atoms with Gasteiger partial charge in [0.1, 0.15) is 10.9 Å². The van der Waals surface area contributed by atoms with E-state index in [4.69, 9.17) is 27.6 Å². The standard InChI is InChI=1S/C18H17Cl2N3O2/c1-12-16(18(24)22(2)11-14-7-5-9-25-14)17(20)23(21-12)10-13-6-3-4-8-15(13)19/h3-9H,10-11H2,1-2H3. The second kappa shape index (κ2) is 7.33. The predicted molar refractivity (Wildman–Crippen MR) is 97.0 cm³/mol. The van der Waals surface area contributed by atoms with Crippen molar-refractivity contribution in [1.82, 2.24) is 14.7 Å². The SMILES string of the molecule is Cc1nn(Cc2ccccc2Cl)c(Cl)c1C(=O)N(C)Cc1ccco1. The van der Waals surface area contributed by atoms with E-state index in [1.165, 1.54) is 0 Å². The number of hydrogen-bond acceptors (Lipinski definition) is 3. The van der Waals surface area contributed by atoms with Gasteiger partial charge in [-0.1, -0.05) is 41.4 Å². The van der Waals surface area contributed by atoms with E-state index in [2.05, 4.69) is 5.10 Å². The van der Waals surface area contributed by atoms with Crippen LogP contribution in [0.4, 0.5) is 0 Å². The molecule has 2 aromatic heterocycles. The van der Waals surface area contributed by atoms with Crippen molar-refractivity contribution in [3.8, 4) is 0 Å². The fourth-order valence-corrected chi connectivity index (χ4v) is 3.10. The molecule has 3 rings (SSSR count). The van der Waals surface area contributed by atoms with Crippen molar-refractivity contribution in [3.63, 3.8) is 0 Å². The highest BCUT2D eigenvalue weighted by Crippen LogP contribution is 2.24. The lowest BCUT2D eigenvalue weighted by Crippen LogP contribution is -2.26. The smallest absolute Gasteiger partial charge is 0.259 e. The van der Waals surface area contributed by atoms with Crippen LogP contribution in [0.15, 0.2) is 47.1 Å². The van der Waals surface area contributed by atoms with Gasteiger partial charge in [-0.2, -0.15) is 5.10 Å². The molecule has 0 atom stereocenters. The van der Waals surface area contributed by atoms with Crippen LogP contribution in [0.2, 0.25) is 10.2 Å². The largest absolute Gasteiger partial charge is 0.467 e. The summed E-state index contributed by atoms with van der Waals surface area (Å²) in [7, 11) is 1.70. The van der Waals surface area contributed by atoms with Crippen LogP contribution in [0, 0.1) is 6.92 Å². The van der Waals surface area contributed by atoms with Crippen molar-refractivity contribution in [2.45, 2.75) is 20.0 Å². The van der Waals surface area contributed by atoms with Crippen molar-refractivity contribution in [2.24, 2.45) is 0 Å². The van der Waals surface area contributed by atoms with Crippen LogP contribution in [-0.4, -0.2) is 27.6 Å². The summed E-state index contributed by atoms with van der Waals surface area (Å²) in [6.45, 7) is 2.52. The van der Waals surface area contributed by atoms with E-state index in [0.717, 1.165) is 5.56 Å². The Morgan fingerprint density at radius 2 is 2.00 bits per heavy atom. The number of aryl methyl sites for hydroxylation is 1. The summed E-state index contributed by atoms with van der Waals surface area (Å²) in [5.74, 6) is 0.498. The Bertz CT molecular complexity index is 888. The fraction of sp³-hybridized carbons (Fsp3) is 0.222. The number of aromatic nitrogens is 2. The number of rotatable bonds is 5. The van der Waals surface area contributed by atoms with Crippen LogP contribution in [0.5, 0.6) is 0 Å². The number of carbonyl (C=O) groups is 1. The molecule has 0 saturated carbocycles. The van der Waals surface area contributed by atoms with Crippen LogP contribution in [0.3, 0.4) is 0 Å². The van der Waals surface area contributed by atoms with E-state index < -0.39 is 0 Å². The number of amides is 1. The maximum Gasteiger partial charge on any atom is 0.259 e. The number of benzene rings is 1. The average Bonchev–Trinajstić information content (AvgIpc) is 3.17. The summed E-state index contributed by atoms with van der Waals surface area (Å²) in [5, 5.41) is 5.34. The molecule has 3 aromatic rings. The Morgan fingerprint density at radius 3 is 2.68 bits per heavy atom. The zero-order valence-corrected chi connectivity index (χ0v) is 15.4. The first-order valence-electron chi connectivity index (χ1n) is 7.71. The molecule has 0 bridgehead atoms. The van der Waals surface area contributed by atoms with Crippen LogP contribution in [0.25, 0.3) is 0 Å². The number of nitrogens with zero attached hydrogens (tertiary/aromatic N) is 3. The van der Waals surface area contributed by atoms with Crippen molar-refractivity contribution in [3.05, 3.63) is 75.4 Å². The van der Waals surface area contributed by atoms with E-state index in [1.54, 1.807) is 35.9 Å². The van der Waals surface area contributed by atoms with Crippen molar-refractivity contribution >= 4 is 29.1 Å². The maximum absolute atomic E-state index is 12.8.